The van der Waals surface area contributed by atoms with E-state index >= 15 is 0 Å². The lowest BCUT2D eigenvalue weighted by atomic mass is 10.2. The number of nitro benzene ring substituents is 1. The van der Waals surface area contributed by atoms with Crippen LogP contribution in [0.3, 0.4) is 0 Å². The van der Waals surface area contributed by atoms with E-state index in [2.05, 4.69) is 5.32 Å². The van der Waals surface area contributed by atoms with Crippen molar-refractivity contribution in [2.45, 2.75) is 5.75 Å². The Morgan fingerprint density at radius 1 is 1.30 bits per heavy atom. The summed E-state index contributed by atoms with van der Waals surface area (Å²) in [5.74, 6) is 0.955. The number of carbonyl (C=O) groups is 1. The molecule has 0 unspecified atom stereocenters. The lowest BCUT2D eigenvalue weighted by Crippen LogP contribution is -2.30. The van der Waals surface area contributed by atoms with Crippen LogP contribution in [0.1, 0.15) is 5.56 Å². The number of thioether (sulfide) groups is 1. The molecule has 9 heteroatoms. The molecule has 7 nitrogen and oxygen atoms in total. The summed E-state index contributed by atoms with van der Waals surface area (Å²) in [6.45, 7) is 0.198. The second-order valence-corrected chi connectivity index (χ2v) is 6.48. The van der Waals surface area contributed by atoms with Crippen molar-refractivity contribution in [3.8, 4) is 11.5 Å². The molecule has 0 aliphatic rings. The van der Waals surface area contributed by atoms with Crippen molar-refractivity contribution in [1.29, 1.82) is 0 Å². The number of nitrogens with zero attached hydrogens (tertiary/aromatic N) is 1. The fourth-order valence-electron chi connectivity index (χ4n) is 2.16. The normalized spacial score (nSPS) is 10.3. The second-order valence-electron chi connectivity index (χ2n) is 5.37. The summed E-state index contributed by atoms with van der Waals surface area (Å²) in [6, 6.07) is 10.6. The number of nitro groups is 1. The summed E-state index contributed by atoms with van der Waals surface area (Å²) in [7, 11) is 1.32. The van der Waals surface area contributed by atoms with Crippen LogP contribution in [0.4, 0.5) is 10.1 Å². The van der Waals surface area contributed by atoms with Crippen LogP contribution in [-0.2, 0) is 10.5 Å². The highest BCUT2D eigenvalue weighted by Gasteiger charge is 2.15. The fraction of sp³-hybridized carbons (Fsp3) is 0.278. The Bertz CT molecular complexity index is 803. The van der Waals surface area contributed by atoms with Crippen molar-refractivity contribution in [3.63, 3.8) is 0 Å². The third kappa shape index (κ3) is 6.45. The van der Waals surface area contributed by atoms with Crippen molar-refractivity contribution in [2.24, 2.45) is 0 Å². The maximum atomic E-state index is 13.5. The van der Waals surface area contributed by atoms with Gasteiger partial charge in [0.15, 0.2) is 6.61 Å². The molecule has 0 heterocycles. The number of halogens is 1. The standard InChI is InChI=1S/C18H19FN2O5S/c1-25-17-10-14(6-7-16(17)21(23)24)26-11-18(22)20-8-9-27-12-13-4-2-3-5-15(13)19/h2-7,10H,8-9,11-12H2,1H3,(H,20,22). The number of hydrogen-bond donors (Lipinski definition) is 1. The van der Waals surface area contributed by atoms with Crippen LogP contribution >= 0.6 is 11.8 Å². The Morgan fingerprint density at radius 2 is 2.07 bits per heavy atom. The monoisotopic (exact) mass is 394 g/mol. The summed E-state index contributed by atoms with van der Waals surface area (Å²) in [4.78, 5) is 22.1. The highest BCUT2D eigenvalue weighted by atomic mass is 32.2. The summed E-state index contributed by atoms with van der Waals surface area (Å²) in [6.07, 6.45) is 0. The smallest absolute Gasteiger partial charge is 0.311 e. The molecule has 0 aliphatic heterocycles. The van der Waals surface area contributed by atoms with E-state index in [1.54, 1.807) is 18.2 Å². The van der Waals surface area contributed by atoms with E-state index < -0.39 is 4.92 Å². The maximum Gasteiger partial charge on any atom is 0.311 e. The molecule has 0 fully saturated rings. The van der Waals surface area contributed by atoms with Gasteiger partial charge in [0.05, 0.1) is 12.0 Å². The van der Waals surface area contributed by atoms with E-state index in [0.717, 1.165) is 0 Å². The van der Waals surface area contributed by atoms with Gasteiger partial charge in [-0.25, -0.2) is 4.39 Å². The molecule has 0 radical (unpaired) electrons. The molecule has 0 aliphatic carbocycles. The van der Waals surface area contributed by atoms with Crippen molar-refractivity contribution in [3.05, 3.63) is 64.0 Å². The number of carbonyl (C=O) groups excluding carboxylic acids is 1. The second kappa shape index (κ2) is 10.4. The number of ether oxygens (including phenoxy) is 2. The number of methoxy groups -OCH3 is 1. The zero-order chi connectivity index (χ0) is 19.6. The number of rotatable bonds is 10. The molecular formula is C18H19FN2O5S. The van der Waals surface area contributed by atoms with Crippen LogP contribution in [0, 0.1) is 15.9 Å². The zero-order valence-electron chi connectivity index (χ0n) is 14.6. The number of hydrogen-bond acceptors (Lipinski definition) is 6. The lowest BCUT2D eigenvalue weighted by Gasteiger charge is -2.09. The molecule has 0 bridgehead atoms. The van der Waals surface area contributed by atoms with Gasteiger partial charge in [0.2, 0.25) is 5.75 Å². The summed E-state index contributed by atoms with van der Waals surface area (Å²) in [5.41, 5.74) is 0.449. The molecule has 0 saturated carbocycles. The molecule has 0 spiro atoms. The maximum absolute atomic E-state index is 13.5. The van der Waals surface area contributed by atoms with Gasteiger partial charge in [-0.3, -0.25) is 14.9 Å². The first kappa shape index (κ1) is 20.5. The fourth-order valence-corrected chi connectivity index (χ4v) is 3.00. The quantitative estimate of drug-likeness (QED) is 0.378. The molecule has 2 aromatic carbocycles. The van der Waals surface area contributed by atoms with Crippen molar-refractivity contribution >= 4 is 23.4 Å². The molecule has 2 aromatic rings. The van der Waals surface area contributed by atoms with E-state index in [1.807, 2.05) is 0 Å². The third-order valence-electron chi connectivity index (χ3n) is 3.50. The molecule has 1 amide bonds. The predicted octanol–water partition coefficient (Wildman–Crippen LogP) is 3.17. The van der Waals surface area contributed by atoms with Gasteiger partial charge in [0.25, 0.3) is 5.91 Å². The van der Waals surface area contributed by atoms with Crippen molar-refractivity contribution < 1.29 is 23.6 Å². The highest BCUT2D eigenvalue weighted by molar-refractivity contribution is 7.98. The SMILES string of the molecule is COc1cc(OCC(=O)NCCSCc2ccccc2F)ccc1[N+](=O)[O-]. The Kier molecular flexibility index (Phi) is 7.87. The molecule has 144 valence electrons. The van der Waals surface area contributed by atoms with Crippen LogP contribution in [-0.4, -0.2) is 36.8 Å². The minimum atomic E-state index is -0.561. The van der Waals surface area contributed by atoms with Crippen LogP contribution in [0.25, 0.3) is 0 Å². The molecule has 0 aromatic heterocycles. The highest BCUT2D eigenvalue weighted by Crippen LogP contribution is 2.30. The van der Waals surface area contributed by atoms with Crippen molar-refractivity contribution in [2.75, 3.05) is 26.0 Å². The van der Waals surface area contributed by atoms with E-state index in [1.165, 1.54) is 43.1 Å². The van der Waals surface area contributed by atoms with Gasteiger partial charge in [0, 0.05) is 30.2 Å². The molecule has 0 atom stereocenters. The zero-order valence-corrected chi connectivity index (χ0v) is 15.5. The van der Waals surface area contributed by atoms with Crippen molar-refractivity contribution in [1.82, 2.24) is 5.32 Å². The van der Waals surface area contributed by atoms with Gasteiger partial charge in [-0.1, -0.05) is 18.2 Å². The molecule has 1 N–H and O–H groups in total. The van der Waals surface area contributed by atoms with Gasteiger partial charge in [-0.05, 0) is 17.7 Å². The van der Waals surface area contributed by atoms with Gasteiger partial charge in [-0.2, -0.15) is 11.8 Å². The van der Waals surface area contributed by atoms with Crippen LogP contribution < -0.4 is 14.8 Å². The third-order valence-corrected chi connectivity index (χ3v) is 4.51. The average molecular weight is 394 g/mol. The number of benzene rings is 2. The molecule has 2 rings (SSSR count). The van der Waals surface area contributed by atoms with Gasteiger partial charge >= 0.3 is 5.69 Å². The first-order valence-electron chi connectivity index (χ1n) is 8.04. The molecule has 0 saturated heterocycles. The number of nitrogens with one attached hydrogen (secondary N) is 1. The van der Waals surface area contributed by atoms with Gasteiger partial charge in [0.1, 0.15) is 11.6 Å². The first-order valence-corrected chi connectivity index (χ1v) is 9.20. The summed E-state index contributed by atoms with van der Waals surface area (Å²) < 4.78 is 23.7. The van der Waals surface area contributed by atoms with E-state index in [9.17, 15) is 19.3 Å². The predicted molar refractivity (Wildman–Crippen MR) is 101 cm³/mol. The Balaban J connectivity index is 1.69. The van der Waals surface area contributed by atoms with E-state index in [0.29, 0.717) is 29.4 Å². The van der Waals surface area contributed by atoms with E-state index in [-0.39, 0.29) is 29.8 Å². The lowest BCUT2D eigenvalue weighted by molar-refractivity contribution is -0.385. The largest absolute Gasteiger partial charge is 0.490 e. The molecule has 27 heavy (non-hydrogen) atoms. The first-order chi connectivity index (χ1) is 13.0. The van der Waals surface area contributed by atoms with Crippen LogP contribution in [0.2, 0.25) is 0 Å². The Hall–Kier alpha value is -2.81. The average Bonchev–Trinajstić information content (AvgIpc) is 2.67. The van der Waals surface area contributed by atoms with Gasteiger partial charge < -0.3 is 14.8 Å². The Morgan fingerprint density at radius 3 is 2.78 bits per heavy atom. The summed E-state index contributed by atoms with van der Waals surface area (Å²) >= 11 is 1.51. The topological polar surface area (TPSA) is 90.7 Å². The minimum absolute atomic E-state index is 0.0578. The minimum Gasteiger partial charge on any atom is -0.490 e. The van der Waals surface area contributed by atoms with Crippen LogP contribution in [0.5, 0.6) is 11.5 Å². The van der Waals surface area contributed by atoms with Crippen LogP contribution in [0.15, 0.2) is 42.5 Å². The Labute approximate surface area is 160 Å². The number of amides is 1. The summed E-state index contributed by atoms with van der Waals surface area (Å²) in [5, 5.41) is 13.5. The van der Waals surface area contributed by atoms with E-state index in [4.69, 9.17) is 9.47 Å². The van der Waals surface area contributed by atoms with Gasteiger partial charge in [-0.15, -0.1) is 0 Å². The molecular weight excluding hydrogens is 375 g/mol.